The Balaban J connectivity index is 1.99. The second-order valence-corrected chi connectivity index (χ2v) is 5.68. The summed E-state index contributed by atoms with van der Waals surface area (Å²) in [6.07, 6.45) is 1.27. The Labute approximate surface area is 109 Å². The molecule has 0 bridgehead atoms. The number of benzene rings is 1. The van der Waals surface area contributed by atoms with E-state index in [1.54, 1.807) is 0 Å². The van der Waals surface area contributed by atoms with Crippen molar-refractivity contribution in [1.82, 2.24) is 14.9 Å². The van der Waals surface area contributed by atoms with Gasteiger partial charge in [-0.15, -0.1) is 0 Å². The monoisotopic (exact) mass is 293 g/mol. The summed E-state index contributed by atoms with van der Waals surface area (Å²) in [5.41, 5.74) is 2.33. The van der Waals surface area contributed by atoms with Gasteiger partial charge in [0.1, 0.15) is 5.82 Å². The van der Waals surface area contributed by atoms with Crippen molar-refractivity contribution in [1.29, 1.82) is 0 Å². The maximum absolute atomic E-state index is 4.63. The molecular formula is C13H16BrN3. The van der Waals surface area contributed by atoms with Crippen molar-refractivity contribution in [2.24, 2.45) is 5.92 Å². The van der Waals surface area contributed by atoms with Crippen molar-refractivity contribution in [3.05, 3.63) is 28.5 Å². The van der Waals surface area contributed by atoms with Crippen molar-refractivity contribution >= 4 is 27.0 Å². The molecule has 0 radical (unpaired) electrons. The number of hydrogen-bond acceptors (Lipinski definition) is 2. The van der Waals surface area contributed by atoms with Crippen molar-refractivity contribution in [3.63, 3.8) is 0 Å². The molecule has 0 spiro atoms. The largest absolute Gasteiger partial charge is 0.328 e. The minimum atomic E-state index is 0.745. The van der Waals surface area contributed by atoms with Crippen LogP contribution in [0.3, 0.4) is 0 Å². The van der Waals surface area contributed by atoms with E-state index in [1.165, 1.54) is 11.9 Å². The first-order valence-corrected chi connectivity index (χ1v) is 6.86. The predicted molar refractivity (Wildman–Crippen MR) is 73.1 cm³/mol. The fourth-order valence-corrected chi connectivity index (χ4v) is 2.93. The van der Waals surface area contributed by atoms with Gasteiger partial charge in [0.15, 0.2) is 0 Å². The zero-order valence-electron chi connectivity index (χ0n) is 9.91. The third-order valence-corrected chi connectivity index (χ3v) is 4.00. The van der Waals surface area contributed by atoms with Crippen molar-refractivity contribution in [3.8, 4) is 0 Å². The van der Waals surface area contributed by atoms with E-state index < -0.39 is 0 Å². The number of nitrogens with one attached hydrogen (secondary N) is 1. The Hall–Kier alpha value is -0.870. The average Bonchev–Trinajstić information content (AvgIpc) is 2.88. The lowest BCUT2D eigenvalue weighted by Gasteiger charge is -2.12. The lowest BCUT2D eigenvalue weighted by atomic mass is 10.1. The van der Waals surface area contributed by atoms with E-state index in [1.807, 2.05) is 0 Å². The summed E-state index contributed by atoms with van der Waals surface area (Å²) >= 11 is 3.50. The van der Waals surface area contributed by atoms with Crippen LogP contribution in [0, 0.1) is 12.8 Å². The topological polar surface area (TPSA) is 29.9 Å². The number of halogens is 1. The standard InChI is InChI=1S/C13H16BrN3/c1-9-16-12-6-11(14)2-3-13(12)17(9)8-10-4-5-15-7-10/h2-3,6,10,15H,4-5,7-8H2,1H3. The van der Waals surface area contributed by atoms with E-state index in [-0.39, 0.29) is 0 Å². The Morgan fingerprint density at radius 1 is 1.53 bits per heavy atom. The molecule has 1 fully saturated rings. The zero-order valence-corrected chi connectivity index (χ0v) is 11.5. The smallest absolute Gasteiger partial charge is 0.106 e. The summed E-state index contributed by atoms with van der Waals surface area (Å²) in [6.45, 7) is 5.46. The van der Waals surface area contributed by atoms with E-state index >= 15 is 0 Å². The van der Waals surface area contributed by atoms with Gasteiger partial charge in [-0.1, -0.05) is 15.9 Å². The second kappa shape index (κ2) is 4.42. The van der Waals surface area contributed by atoms with E-state index in [0.717, 1.165) is 41.4 Å². The quantitative estimate of drug-likeness (QED) is 0.923. The number of hydrogen-bond donors (Lipinski definition) is 1. The number of nitrogens with zero attached hydrogens (tertiary/aromatic N) is 2. The highest BCUT2D eigenvalue weighted by Crippen LogP contribution is 2.22. The van der Waals surface area contributed by atoms with Crippen LogP contribution >= 0.6 is 15.9 Å². The highest BCUT2D eigenvalue weighted by Gasteiger charge is 2.17. The summed E-state index contributed by atoms with van der Waals surface area (Å²) in [5.74, 6) is 1.86. The van der Waals surface area contributed by atoms with Gasteiger partial charge in [-0.25, -0.2) is 4.98 Å². The molecule has 1 N–H and O–H groups in total. The lowest BCUT2D eigenvalue weighted by molar-refractivity contribution is 0.482. The molecule has 1 atom stereocenters. The molecule has 3 nitrogen and oxygen atoms in total. The normalized spacial score (nSPS) is 20.2. The number of imidazole rings is 1. The molecule has 4 heteroatoms. The van der Waals surface area contributed by atoms with Crippen molar-refractivity contribution in [2.45, 2.75) is 19.9 Å². The minimum absolute atomic E-state index is 0.745. The van der Waals surface area contributed by atoms with Crippen LogP contribution in [-0.4, -0.2) is 22.6 Å². The fourth-order valence-electron chi connectivity index (χ4n) is 2.58. The van der Waals surface area contributed by atoms with Crippen molar-refractivity contribution in [2.75, 3.05) is 13.1 Å². The minimum Gasteiger partial charge on any atom is -0.328 e. The molecule has 1 aromatic heterocycles. The van der Waals surface area contributed by atoms with Gasteiger partial charge < -0.3 is 9.88 Å². The molecular weight excluding hydrogens is 278 g/mol. The summed E-state index contributed by atoms with van der Waals surface area (Å²) in [6, 6.07) is 6.33. The summed E-state index contributed by atoms with van der Waals surface area (Å²) in [5, 5.41) is 3.42. The van der Waals surface area contributed by atoms with Crippen LogP contribution in [0.1, 0.15) is 12.2 Å². The van der Waals surface area contributed by atoms with Gasteiger partial charge in [-0.05, 0) is 50.6 Å². The summed E-state index contributed by atoms with van der Waals surface area (Å²) in [7, 11) is 0. The predicted octanol–water partition coefficient (Wildman–Crippen LogP) is 2.72. The van der Waals surface area contributed by atoms with Crippen LogP contribution in [-0.2, 0) is 6.54 Å². The van der Waals surface area contributed by atoms with Crippen LogP contribution in [0.5, 0.6) is 0 Å². The number of rotatable bonds is 2. The molecule has 3 rings (SSSR count). The summed E-state index contributed by atoms with van der Waals surface area (Å²) < 4.78 is 3.44. The number of aryl methyl sites for hydroxylation is 1. The molecule has 1 aliphatic rings. The molecule has 0 aliphatic carbocycles. The van der Waals surface area contributed by atoms with E-state index in [0.29, 0.717) is 0 Å². The van der Waals surface area contributed by atoms with Gasteiger partial charge >= 0.3 is 0 Å². The van der Waals surface area contributed by atoms with Crippen molar-refractivity contribution < 1.29 is 0 Å². The van der Waals surface area contributed by atoms with Gasteiger partial charge in [0, 0.05) is 11.0 Å². The van der Waals surface area contributed by atoms with Gasteiger partial charge in [0.05, 0.1) is 11.0 Å². The molecule has 0 amide bonds. The molecule has 17 heavy (non-hydrogen) atoms. The SMILES string of the molecule is Cc1nc2cc(Br)ccc2n1CC1CCNC1. The second-order valence-electron chi connectivity index (χ2n) is 4.76. The molecule has 2 aromatic rings. The average molecular weight is 294 g/mol. The highest BCUT2D eigenvalue weighted by atomic mass is 79.9. The van der Waals surface area contributed by atoms with Crippen LogP contribution < -0.4 is 5.32 Å². The Morgan fingerprint density at radius 2 is 2.41 bits per heavy atom. The van der Waals surface area contributed by atoms with Crippen LogP contribution in [0.2, 0.25) is 0 Å². The molecule has 1 aliphatic heterocycles. The highest BCUT2D eigenvalue weighted by molar-refractivity contribution is 9.10. The van der Waals surface area contributed by atoms with E-state index in [2.05, 4.69) is 55.9 Å². The van der Waals surface area contributed by atoms with Gasteiger partial charge in [0.2, 0.25) is 0 Å². The van der Waals surface area contributed by atoms with Crippen LogP contribution in [0.4, 0.5) is 0 Å². The first-order valence-electron chi connectivity index (χ1n) is 6.07. The van der Waals surface area contributed by atoms with Crippen LogP contribution in [0.25, 0.3) is 11.0 Å². The molecule has 1 saturated heterocycles. The number of aromatic nitrogens is 2. The Morgan fingerprint density at radius 3 is 3.18 bits per heavy atom. The molecule has 2 heterocycles. The molecule has 90 valence electrons. The number of fused-ring (bicyclic) bond motifs is 1. The van der Waals surface area contributed by atoms with Gasteiger partial charge in [-0.2, -0.15) is 0 Å². The Kier molecular flexibility index (Phi) is 2.92. The lowest BCUT2D eigenvalue weighted by Crippen LogP contribution is -2.15. The Bertz CT molecular complexity index is 541. The first kappa shape index (κ1) is 11.2. The molecule has 1 aromatic carbocycles. The van der Waals surface area contributed by atoms with E-state index in [4.69, 9.17) is 0 Å². The van der Waals surface area contributed by atoms with Gasteiger partial charge in [-0.3, -0.25) is 0 Å². The van der Waals surface area contributed by atoms with Gasteiger partial charge in [0.25, 0.3) is 0 Å². The maximum Gasteiger partial charge on any atom is 0.106 e. The van der Waals surface area contributed by atoms with E-state index in [9.17, 15) is 0 Å². The third-order valence-electron chi connectivity index (χ3n) is 3.50. The van der Waals surface area contributed by atoms with Crippen LogP contribution in [0.15, 0.2) is 22.7 Å². The maximum atomic E-state index is 4.63. The molecule has 0 saturated carbocycles. The fraction of sp³-hybridized carbons (Fsp3) is 0.462. The first-order chi connectivity index (χ1) is 8.24. The summed E-state index contributed by atoms with van der Waals surface area (Å²) in [4.78, 5) is 4.63. The molecule has 1 unspecified atom stereocenters. The third kappa shape index (κ3) is 2.11. The zero-order chi connectivity index (χ0) is 11.8.